The molecule has 31 heavy (non-hydrogen) atoms. The summed E-state index contributed by atoms with van der Waals surface area (Å²) in [6.45, 7) is 10.0. The molecular formula is C22H28N6O2S. The molecular weight excluding hydrogens is 412 g/mol. The monoisotopic (exact) mass is 440 g/mol. The Labute approximate surface area is 185 Å². The highest BCUT2D eigenvalue weighted by atomic mass is 32.1. The lowest BCUT2D eigenvalue weighted by Gasteiger charge is -2.27. The molecule has 0 radical (unpaired) electrons. The third kappa shape index (κ3) is 3.97. The minimum absolute atomic E-state index is 0.101. The number of aromatic nitrogens is 4. The van der Waals surface area contributed by atoms with E-state index in [9.17, 15) is 4.79 Å². The van der Waals surface area contributed by atoms with Crippen LogP contribution in [0.1, 0.15) is 40.4 Å². The van der Waals surface area contributed by atoms with E-state index < -0.39 is 0 Å². The van der Waals surface area contributed by atoms with Gasteiger partial charge in [-0.25, -0.2) is 4.98 Å². The Balaban J connectivity index is 1.43. The van der Waals surface area contributed by atoms with E-state index in [0.717, 1.165) is 79.8 Å². The average Bonchev–Trinajstić information content (AvgIpc) is 3.50. The summed E-state index contributed by atoms with van der Waals surface area (Å²) in [5.74, 6) is 1.24. The maximum Gasteiger partial charge on any atom is 0.298 e. The molecule has 9 heteroatoms. The van der Waals surface area contributed by atoms with Gasteiger partial charge in [-0.2, -0.15) is 0 Å². The fraction of sp³-hybridized carbons (Fsp3) is 0.545. The smallest absolute Gasteiger partial charge is 0.298 e. The first-order valence-electron chi connectivity index (χ1n) is 11.0. The normalized spacial score (nSPS) is 16.7. The van der Waals surface area contributed by atoms with Crippen molar-refractivity contribution in [2.45, 2.75) is 39.7 Å². The molecule has 164 valence electrons. The average molecular weight is 441 g/mol. The molecule has 2 aliphatic heterocycles. The molecule has 1 aromatic carbocycles. The van der Waals surface area contributed by atoms with Gasteiger partial charge in [-0.05, 0) is 43.9 Å². The van der Waals surface area contributed by atoms with E-state index in [1.165, 1.54) is 11.1 Å². The zero-order valence-electron chi connectivity index (χ0n) is 18.1. The molecule has 0 atom stereocenters. The van der Waals surface area contributed by atoms with E-state index in [1.54, 1.807) is 11.3 Å². The Morgan fingerprint density at radius 2 is 2.03 bits per heavy atom. The second-order valence-corrected chi connectivity index (χ2v) is 9.32. The maximum absolute atomic E-state index is 13.6. The molecule has 2 aliphatic rings. The van der Waals surface area contributed by atoms with Crippen molar-refractivity contribution in [1.82, 2.24) is 24.6 Å². The van der Waals surface area contributed by atoms with Crippen molar-refractivity contribution in [2.75, 3.05) is 44.3 Å². The lowest BCUT2D eigenvalue weighted by atomic mass is 10.1. The molecule has 1 amide bonds. The number of hydrogen-bond donors (Lipinski definition) is 0. The van der Waals surface area contributed by atoms with Crippen LogP contribution < -0.4 is 4.90 Å². The van der Waals surface area contributed by atoms with Crippen LogP contribution in [0.15, 0.2) is 12.1 Å². The van der Waals surface area contributed by atoms with Gasteiger partial charge < -0.3 is 9.30 Å². The highest BCUT2D eigenvalue weighted by Gasteiger charge is 2.29. The summed E-state index contributed by atoms with van der Waals surface area (Å²) in [4.78, 5) is 22.7. The molecule has 0 bridgehead atoms. The van der Waals surface area contributed by atoms with Gasteiger partial charge in [0.2, 0.25) is 5.82 Å². The van der Waals surface area contributed by atoms with Gasteiger partial charge in [0.15, 0.2) is 5.13 Å². The van der Waals surface area contributed by atoms with Crippen LogP contribution >= 0.6 is 11.3 Å². The third-order valence-electron chi connectivity index (χ3n) is 6.31. The summed E-state index contributed by atoms with van der Waals surface area (Å²) >= 11 is 1.58. The van der Waals surface area contributed by atoms with E-state index in [0.29, 0.717) is 12.4 Å². The van der Waals surface area contributed by atoms with Crippen LogP contribution in [-0.4, -0.2) is 69.9 Å². The van der Waals surface area contributed by atoms with Gasteiger partial charge in [-0.1, -0.05) is 17.4 Å². The Morgan fingerprint density at radius 1 is 1.19 bits per heavy atom. The molecule has 0 N–H and O–H groups in total. The van der Waals surface area contributed by atoms with Crippen LogP contribution in [0.3, 0.4) is 0 Å². The van der Waals surface area contributed by atoms with Crippen molar-refractivity contribution in [3.05, 3.63) is 34.9 Å². The second kappa shape index (κ2) is 8.64. The van der Waals surface area contributed by atoms with Gasteiger partial charge in [0.05, 0.1) is 23.4 Å². The van der Waals surface area contributed by atoms with E-state index in [-0.39, 0.29) is 5.91 Å². The minimum Gasteiger partial charge on any atom is -0.379 e. The largest absolute Gasteiger partial charge is 0.379 e. The minimum atomic E-state index is -0.101. The van der Waals surface area contributed by atoms with Crippen molar-refractivity contribution in [2.24, 2.45) is 0 Å². The van der Waals surface area contributed by atoms with Crippen LogP contribution in [0.2, 0.25) is 0 Å². The van der Waals surface area contributed by atoms with Crippen molar-refractivity contribution in [3.63, 3.8) is 0 Å². The molecule has 0 spiro atoms. The zero-order chi connectivity index (χ0) is 21.4. The molecule has 0 unspecified atom stereocenters. The second-order valence-electron chi connectivity index (χ2n) is 8.31. The summed E-state index contributed by atoms with van der Waals surface area (Å²) in [7, 11) is 0. The number of carbonyl (C=O) groups excluding carboxylic acids is 1. The molecule has 0 aliphatic carbocycles. The first-order chi connectivity index (χ1) is 15.1. The summed E-state index contributed by atoms with van der Waals surface area (Å²) in [5, 5.41) is 9.22. The van der Waals surface area contributed by atoms with Gasteiger partial charge in [0, 0.05) is 39.1 Å². The van der Waals surface area contributed by atoms with Gasteiger partial charge in [-0.15, -0.1) is 10.2 Å². The van der Waals surface area contributed by atoms with Gasteiger partial charge in [-0.3, -0.25) is 14.6 Å². The fourth-order valence-electron chi connectivity index (χ4n) is 4.32. The summed E-state index contributed by atoms with van der Waals surface area (Å²) in [6.07, 6.45) is 2.78. The summed E-state index contributed by atoms with van der Waals surface area (Å²) in [5.41, 5.74) is 3.37. The number of nitrogens with zero attached hydrogens (tertiary/aromatic N) is 6. The standard InChI is InChI=1S/C22H28N6O2S/c1-15-6-7-17-19(16(15)2)23-22(31-17)28(10-4-8-26-11-13-30-14-12-26)21(29)20-25-24-18-5-3-9-27(18)20/h6-7H,3-5,8-14H2,1-2H3. The molecule has 4 heterocycles. The van der Waals surface area contributed by atoms with Crippen LogP contribution in [0.4, 0.5) is 5.13 Å². The maximum atomic E-state index is 13.6. The molecule has 0 saturated carbocycles. The molecule has 8 nitrogen and oxygen atoms in total. The number of ether oxygens (including phenoxy) is 1. The molecule has 5 rings (SSSR count). The van der Waals surface area contributed by atoms with Gasteiger partial charge >= 0.3 is 0 Å². The molecule has 2 aromatic heterocycles. The highest BCUT2D eigenvalue weighted by Crippen LogP contribution is 2.33. The first kappa shape index (κ1) is 20.5. The third-order valence-corrected chi connectivity index (χ3v) is 7.35. The van der Waals surface area contributed by atoms with Crippen molar-refractivity contribution in [3.8, 4) is 0 Å². The predicted octanol–water partition coefficient (Wildman–Crippen LogP) is 2.82. The summed E-state index contributed by atoms with van der Waals surface area (Å²) in [6, 6.07) is 4.22. The van der Waals surface area contributed by atoms with E-state index in [2.05, 4.69) is 41.1 Å². The fourth-order valence-corrected chi connectivity index (χ4v) is 5.37. The molecule has 3 aromatic rings. The number of aryl methyl sites for hydroxylation is 3. The lowest BCUT2D eigenvalue weighted by molar-refractivity contribution is 0.0376. The van der Waals surface area contributed by atoms with Crippen LogP contribution in [0.25, 0.3) is 10.2 Å². The quantitative estimate of drug-likeness (QED) is 0.587. The number of morpholine rings is 1. The van der Waals surface area contributed by atoms with E-state index in [1.807, 2.05) is 9.47 Å². The number of amides is 1. The highest BCUT2D eigenvalue weighted by molar-refractivity contribution is 7.22. The predicted molar refractivity (Wildman–Crippen MR) is 121 cm³/mol. The van der Waals surface area contributed by atoms with Crippen molar-refractivity contribution in [1.29, 1.82) is 0 Å². The Bertz CT molecular complexity index is 1100. The topological polar surface area (TPSA) is 76.4 Å². The lowest BCUT2D eigenvalue weighted by Crippen LogP contribution is -2.39. The van der Waals surface area contributed by atoms with Crippen LogP contribution in [0.5, 0.6) is 0 Å². The van der Waals surface area contributed by atoms with Crippen molar-refractivity contribution >= 4 is 32.6 Å². The number of anilines is 1. The number of thiazole rings is 1. The summed E-state index contributed by atoms with van der Waals surface area (Å²) < 4.78 is 8.53. The molecule has 1 saturated heterocycles. The van der Waals surface area contributed by atoms with Gasteiger partial charge in [0.1, 0.15) is 5.82 Å². The van der Waals surface area contributed by atoms with Gasteiger partial charge in [0.25, 0.3) is 5.91 Å². The van der Waals surface area contributed by atoms with E-state index in [4.69, 9.17) is 9.72 Å². The number of carbonyl (C=O) groups is 1. The van der Waals surface area contributed by atoms with E-state index >= 15 is 0 Å². The first-order valence-corrected chi connectivity index (χ1v) is 11.8. The number of benzene rings is 1. The Kier molecular flexibility index (Phi) is 5.73. The van der Waals surface area contributed by atoms with Crippen LogP contribution in [0, 0.1) is 13.8 Å². The molecule has 1 fully saturated rings. The van der Waals surface area contributed by atoms with Crippen molar-refractivity contribution < 1.29 is 9.53 Å². The number of hydrogen-bond acceptors (Lipinski definition) is 7. The van der Waals surface area contributed by atoms with Crippen LogP contribution in [-0.2, 0) is 17.7 Å². The Morgan fingerprint density at radius 3 is 2.87 bits per heavy atom. The number of rotatable bonds is 6. The number of fused-ring (bicyclic) bond motifs is 2. The Hall–Kier alpha value is -2.36. The SMILES string of the molecule is Cc1ccc2sc(N(CCCN3CCOCC3)C(=O)c3nnc4n3CCC4)nc2c1C. The zero-order valence-corrected chi connectivity index (χ0v) is 19.0.